The van der Waals surface area contributed by atoms with Crippen LogP contribution >= 0.6 is 7.60 Å². The normalized spacial score (nSPS) is 15.5. The highest BCUT2D eigenvalue weighted by atomic mass is 31.2. The lowest BCUT2D eigenvalue weighted by atomic mass is 10.0. The van der Waals surface area contributed by atoms with E-state index in [1.54, 1.807) is 25.1 Å². The molecular weight excluding hydrogens is 367 g/mol. The molecule has 1 unspecified atom stereocenters. The van der Waals surface area contributed by atoms with Crippen LogP contribution in [0.4, 0.5) is 0 Å². The Kier molecular flexibility index (Phi) is 6.79. The Morgan fingerprint density at radius 3 is 2.78 bits per heavy atom. The van der Waals surface area contributed by atoms with Crippen molar-refractivity contribution in [2.75, 3.05) is 12.8 Å². The van der Waals surface area contributed by atoms with E-state index in [0.29, 0.717) is 18.4 Å². The summed E-state index contributed by atoms with van der Waals surface area (Å²) in [5.74, 6) is -0.116. The second-order valence-corrected chi connectivity index (χ2v) is 7.86. The Hall–Kier alpha value is -2.61. The lowest BCUT2D eigenvalue weighted by Gasteiger charge is -2.09. The van der Waals surface area contributed by atoms with Crippen LogP contribution in [0.15, 0.2) is 41.0 Å². The minimum absolute atomic E-state index is 0.0113. The zero-order valence-electron chi connectivity index (χ0n) is 15.1. The van der Waals surface area contributed by atoms with Gasteiger partial charge in [-0.15, -0.1) is 5.10 Å². The molecule has 0 amide bonds. The average molecular weight is 392 g/mol. The number of fused-ring (bicyclic) bond motifs is 1. The summed E-state index contributed by atoms with van der Waals surface area (Å²) in [6, 6.07) is 5.51. The van der Waals surface area contributed by atoms with Crippen molar-refractivity contribution >= 4 is 25.1 Å². The van der Waals surface area contributed by atoms with Crippen LogP contribution in [-0.4, -0.2) is 29.5 Å². The van der Waals surface area contributed by atoms with Gasteiger partial charge in [-0.2, -0.15) is 0 Å². The van der Waals surface area contributed by atoms with Crippen LogP contribution in [0.1, 0.15) is 30.0 Å². The van der Waals surface area contributed by atoms with Crippen molar-refractivity contribution in [3.63, 3.8) is 0 Å². The fourth-order valence-electron chi connectivity index (χ4n) is 2.88. The number of allylic oxidation sites excluding steroid dienone is 3. The molecule has 0 aliphatic heterocycles. The number of amidine groups is 1. The van der Waals surface area contributed by atoms with Crippen LogP contribution < -0.4 is 22.6 Å². The monoisotopic (exact) mass is 392 g/mol. The van der Waals surface area contributed by atoms with Gasteiger partial charge in [-0.3, -0.25) is 15.4 Å². The predicted octanol–water partition coefficient (Wildman–Crippen LogP) is 1.18. The minimum atomic E-state index is -3.59. The van der Waals surface area contributed by atoms with Crippen LogP contribution in [0.25, 0.3) is 5.70 Å². The summed E-state index contributed by atoms with van der Waals surface area (Å²) in [6.45, 7) is 1.85. The molecule has 0 radical (unpaired) electrons. The van der Waals surface area contributed by atoms with E-state index in [4.69, 9.17) is 27.1 Å². The lowest BCUT2D eigenvalue weighted by Crippen LogP contribution is -2.26. The van der Waals surface area contributed by atoms with Gasteiger partial charge < -0.3 is 26.6 Å². The fourth-order valence-corrected chi connectivity index (χ4v) is 3.80. The van der Waals surface area contributed by atoms with E-state index >= 15 is 0 Å². The quantitative estimate of drug-likeness (QED) is 0.120. The molecule has 0 bridgehead atoms. The van der Waals surface area contributed by atoms with E-state index < -0.39 is 7.60 Å². The third-order valence-electron chi connectivity index (χ3n) is 3.97. The third-order valence-corrected chi connectivity index (χ3v) is 5.31. The van der Waals surface area contributed by atoms with Gasteiger partial charge in [0.25, 0.3) is 0 Å². The van der Waals surface area contributed by atoms with Crippen LogP contribution in [0, 0.1) is 5.41 Å². The second kappa shape index (κ2) is 8.85. The molecule has 0 saturated carbocycles. The van der Waals surface area contributed by atoms with Crippen LogP contribution in [-0.2, 0) is 15.5 Å². The second-order valence-electron chi connectivity index (χ2n) is 5.96. The van der Waals surface area contributed by atoms with E-state index in [-0.39, 0.29) is 24.6 Å². The van der Waals surface area contributed by atoms with Crippen molar-refractivity contribution in [3.8, 4) is 0 Å². The zero-order valence-corrected chi connectivity index (χ0v) is 16.0. The van der Waals surface area contributed by atoms with Gasteiger partial charge in [0, 0.05) is 11.1 Å². The van der Waals surface area contributed by atoms with Gasteiger partial charge in [0.15, 0.2) is 0 Å². The number of nitrogens with one attached hydrogen (secondary N) is 2. The van der Waals surface area contributed by atoms with Crippen LogP contribution in [0.2, 0.25) is 0 Å². The van der Waals surface area contributed by atoms with E-state index in [1.165, 1.54) is 0 Å². The third kappa shape index (κ3) is 5.43. The molecular formula is C17H25N6O3P. The number of guanidine groups is 1. The zero-order chi connectivity index (χ0) is 20.0. The summed E-state index contributed by atoms with van der Waals surface area (Å²) < 4.78 is 16.6. The standard InChI is InChI=1S/C17H25N6O3P/c1-2-26-27(24,25)9-4-3-6-11-10-14-12(15(11)22-23-17(20)21)7-5-8-13(14)16(18)19/h3-5,7-8,22H,2,6,9-10H2,1H3,(H3,18,19)(H,24,25)(H4,20,21,23). The molecule has 10 heteroatoms. The summed E-state index contributed by atoms with van der Waals surface area (Å²) in [5.41, 5.74) is 23.6. The Morgan fingerprint density at radius 2 is 2.15 bits per heavy atom. The van der Waals surface area contributed by atoms with Crippen molar-refractivity contribution in [3.05, 3.63) is 52.6 Å². The van der Waals surface area contributed by atoms with E-state index in [1.807, 2.05) is 12.1 Å². The van der Waals surface area contributed by atoms with Crippen LogP contribution in [0.3, 0.4) is 0 Å². The Balaban J connectivity index is 2.25. The van der Waals surface area contributed by atoms with Gasteiger partial charge in [-0.25, -0.2) is 0 Å². The lowest BCUT2D eigenvalue weighted by molar-refractivity contribution is 0.276. The van der Waals surface area contributed by atoms with Gasteiger partial charge in [0.1, 0.15) is 5.84 Å². The van der Waals surface area contributed by atoms with Crippen LogP contribution in [0.5, 0.6) is 0 Å². The number of nitrogen functional groups attached to an aromatic ring is 1. The summed E-state index contributed by atoms with van der Waals surface area (Å²) in [5, 5.41) is 11.6. The summed E-state index contributed by atoms with van der Waals surface area (Å²) in [6.07, 6.45) is 4.45. The molecule has 0 saturated heterocycles. The maximum atomic E-state index is 11.7. The first-order valence-corrected chi connectivity index (χ1v) is 10.2. The number of nitrogens with two attached hydrogens (primary N) is 3. The number of rotatable bonds is 9. The smallest absolute Gasteiger partial charge is 0.331 e. The highest BCUT2D eigenvalue weighted by Crippen LogP contribution is 2.41. The Bertz CT molecular complexity index is 858. The van der Waals surface area contributed by atoms with Gasteiger partial charge in [0.05, 0.1) is 18.5 Å². The molecule has 0 spiro atoms. The largest absolute Gasteiger partial charge is 0.384 e. The molecule has 1 aliphatic carbocycles. The van der Waals surface area contributed by atoms with Gasteiger partial charge in [0.2, 0.25) is 5.96 Å². The van der Waals surface area contributed by atoms with Gasteiger partial charge in [-0.1, -0.05) is 30.4 Å². The molecule has 9 nitrogen and oxygen atoms in total. The fraction of sp³-hybridized carbons (Fsp3) is 0.294. The number of hydrazone groups is 1. The minimum Gasteiger partial charge on any atom is -0.384 e. The number of nitrogens with zero attached hydrogens (tertiary/aromatic N) is 1. The van der Waals surface area contributed by atoms with Crippen molar-refractivity contribution in [2.24, 2.45) is 22.3 Å². The molecule has 1 atom stereocenters. The summed E-state index contributed by atoms with van der Waals surface area (Å²) >= 11 is 0. The molecule has 0 fully saturated rings. The molecule has 146 valence electrons. The maximum absolute atomic E-state index is 11.7. The highest BCUT2D eigenvalue weighted by Gasteiger charge is 2.24. The van der Waals surface area contributed by atoms with Crippen molar-refractivity contribution < 1.29 is 14.0 Å². The first-order valence-electron chi connectivity index (χ1n) is 8.39. The SMILES string of the molecule is CCOP(=O)(O)CC=CCC1=C(NN=C(N)N)c2cccc(C(=N)N)c2C1. The molecule has 0 aromatic heterocycles. The topological polar surface area (TPSA) is 173 Å². The number of hydrogen-bond donors (Lipinski definition) is 6. The molecule has 1 aromatic rings. The van der Waals surface area contributed by atoms with E-state index in [0.717, 1.165) is 22.4 Å². The van der Waals surface area contributed by atoms with E-state index in [9.17, 15) is 9.46 Å². The van der Waals surface area contributed by atoms with Gasteiger partial charge in [-0.05, 0) is 30.9 Å². The predicted molar refractivity (Wildman–Crippen MR) is 107 cm³/mol. The van der Waals surface area contributed by atoms with Crippen molar-refractivity contribution in [2.45, 2.75) is 19.8 Å². The summed E-state index contributed by atoms with van der Waals surface area (Å²) in [4.78, 5) is 9.62. The molecule has 1 aromatic carbocycles. The molecule has 9 N–H and O–H groups in total. The Morgan fingerprint density at radius 1 is 1.41 bits per heavy atom. The van der Waals surface area contributed by atoms with Gasteiger partial charge >= 0.3 is 7.60 Å². The van der Waals surface area contributed by atoms with E-state index in [2.05, 4.69) is 10.5 Å². The molecule has 2 rings (SSSR count). The summed E-state index contributed by atoms with van der Waals surface area (Å²) in [7, 11) is -3.59. The molecule has 27 heavy (non-hydrogen) atoms. The first kappa shape index (κ1) is 20.7. The molecule has 0 heterocycles. The molecule has 1 aliphatic rings. The van der Waals surface area contributed by atoms with Crippen molar-refractivity contribution in [1.29, 1.82) is 5.41 Å². The average Bonchev–Trinajstić information content (AvgIpc) is 2.94. The number of hydrogen-bond acceptors (Lipinski definition) is 5. The number of benzene rings is 1. The van der Waals surface area contributed by atoms with Crippen molar-refractivity contribution in [1.82, 2.24) is 5.43 Å². The first-order chi connectivity index (χ1) is 12.7. The maximum Gasteiger partial charge on any atom is 0.331 e. The Labute approximate surface area is 158 Å². The highest BCUT2D eigenvalue weighted by molar-refractivity contribution is 7.53.